The van der Waals surface area contributed by atoms with Gasteiger partial charge in [0.25, 0.3) is 5.91 Å². The number of carbonyl (C=O) groups is 1. The summed E-state index contributed by atoms with van der Waals surface area (Å²) in [5.41, 5.74) is 5.56. The third kappa shape index (κ3) is 4.25. The first-order valence-electron chi connectivity index (χ1n) is 6.93. The van der Waals surface area contributed by atoms with Crippen molar-refractivity contribution in [1.82, 2.24) is 10.4 Å². The molecule has 1 amide bonds. The molecule has 1 heterocycles. The van der Waals surface area contributed by atoms with Gasteiger partial charge in [0.2, 0.25) is 5.13 Å². The average Bonchev–Trinajstić information content (AvgIpc) is 2.95. The summed E-state index contributed by atoms with van der Waals surface area (Å²) in [5, 5.41) is 0.960. The minimum Gasteiger partial charge on any atom is -0.273 e. The number of nitrogens with zero attached hydrogens (tertiary/aromatic N) is 1. The van der Waals surface area contributed by atoms with Crippen molar-refractivity contribution in [1.29, 1.82) is 0 Å². The summed E-state index contributed by atoms with van der Waals surface area (Å²) in [5.74, 6) is -2.09. The molecule has 6 nitrogen and oxygen atoms in total. The molecular weight excluding hydrogens is 389 g/mol. The molecule has 0 saturated heterocycles. The molecule has 1 aromatic heterocycles. The number of hydrogen-bond acceptors (Lipinski definition) is 6. The number of halogens is 2. The van der Waals surface area contributed by atoms with Crippen LogP contribution in [0.15, 0.2) is 47.4 Å². The van der Waals surface area contributed by atoms with Gasteiger partial charge in [-0.05, 0) is 42.5 Å². The van der Waals surface area contributed by atoms with E-state index in [-0.39, 0.29) is 4.90 Å². The molecule has 25 heavy (non-hydrogen) atoms. The van der Waals surface area contributed by atoms with E-state index in [1.807, 2.05) is 0 Å². The lowest BCUT2D eigenvalue weighted by molar-refractivity contribution is -0.118. The van der Waals surface area contributed by atoms with E-state index in [9.17, 15) is 17.6 Å². The molecule has 3 rings (SSSR count). The number of nitrogens with one attached hydrogen (secondary N) is 2. The number of sulfone groups is 1. The lowest BCUT2D eigenvalue weighted by Gasteiger charge is -2.06. The fourth-order valence-corrected chi connectivity index (χ4v) is 4.24. The molecule has 10 heteroatoms. The smallest absolute Gasteiger partial charge is 0.253 e. The van der Waals surface area contributed by atoms with Gasteiger partial charge in [-0.2, -0.15) is 0 Å². The van der Waals surface area contributed by atoms with Crippen molar-refractivity contribution in [2.45, 2.75) is 4.90 Å². The Kier molecular flexibility index (Phi) is 4.89. The third-order valence-corrected chi connectivity index (χ3v) is 5.95. The average molecular weight is 400 g/mol. The Labute approximate surface area is 151 Å². The summed E-state index contributed by atoms with van der Waals surface area (Å²) in [4.78, 5) is 16.0. The maximum Gasteiger partial charge on any atom is 0.253 e. The highest BCUT2D eigenvalue weighted by atomic mass is 35.5. The summed E-state index contributed by atoms with van der Waals surface area (Å²) in [6.07, 6.45) is 0. The van der Waals surface area contributed by atoms with Crippen molar-refractivity contribution < 1.29 is 17.6 Å². The number of hydrogen-bond donors (Lipinski definition) is 2. The van der Waals surface area contributed by atoms with E-state index in [2.05, 4.69) is 15.8 Å². The van der Waals surface area contributed by atoms with Crippen LogP contribution in [0.2, 0.25) is 5.02 Å². The van der Waals surface area contributed by atoms with E-state index in [0.717, 1.165) is 29.0 Å². The number of rotatable bonds is 5. The second-order valence-electron chi connectivity index (χ2n) is 5.02. The first-order valence-corrected chi connectivity index (χ1v) is 9.77. The molecule has 0 saturated carbocycles. The Hall–Kier alpha value is -2.23. The number of anilines is 1. The van der Waals surface area contributed by atoms with Crippen LogP contribution in [0, 0.1) is 5.82 Å². The summed E-state index contributed by atoms with van der Waals surface area (Å²) in [6, 6.07) is 9.44. The summed E-state index contributed by atoms with van der Waals surface area (Å²) < 4.78 is 37.9. The van der Waals surface area contributed by atoms with E-state index >= 15 is 0 Å². The van der Waals surface area contributed by atoms with E-state index in [1.165, 1.54) is 11.3 Å². The van der Waals surface area contributed by atoms with Gasteiger partial charge in [0.15, 0.2) is 9.84 Å². The molecule has 0 spiro atoms. The second kappa shape index (κ2) is 6.95. The van der Waals surface area contributed by atoms with Crippen LogP contribution < -0.4 is 10.9 Å². The quantitative estimate of drug-likeness (QED) is 0.508. The van der Waals surface area contributed by atoms with Gasteiger partial charge >= 0.3 is 0 Å². The van der Waals surface area contributed by atoms with Gasteiger partial charge < -0.3 is 0 Å². The van der Waals surface area contributed by atoms with Crippen LogP contribution in [0.1, 0.15) is 0 Å². The predicted molar refractivity (Wildman–Crippen MR) is 94.8 cm³/mol. The SMILES string of the molecule is O=C(CS(=O)(=O)c1ccc(F)cc1)NNc1nc2ccc(Cl)cc2s1. The van der Waals surface area contributed by atoms with Crippen molar-refractivity contribution in [2.24, 2.45) is 0 Å². The number of benzene rings is 2. The molecule has 0 aliphatic carbocycles. The highest BCUT2D eigenvalue weighted by Crippen LogP contribution is 2.27. The number of fused-ring (bicyclic) bond motifs is 1. The normalized spacial score (nSPS) is 11.4. The Morgan fingerprint density at radius 3 is 2.64 bits per heavy atom. The Morgan fingerprint density at radius 2 is 1.92 bits per heavy atom. The van der Waals surface area contributed by atoms with Gasteiger partial charge in [0.1, 0.15) is 11.6 Å². The highest BCUT2D eigenvalue weighted by molar-refractivity contribution is 7.92. The zero-order chi connectivity index (χ0) is 18.0. The lowest BCUT2D eigenvalue weighted by Crippen LogP contribution is -2.34. The monoisotopic (exact) mass is 399 g/mol. The van der Waals surface area contributed by atoms with Gasteiger partial charge in [0, 0.05) is 5.02 Å². The van der Waals surface area contributed by atoms with E-state index < -0.39 is 27.3 Å². The summed E-state index contributed by atoms with van der Waals surface area (Å²) >= 11 is 7.15. The molecule has 0 radical (unpaired) electrons. The van der Waals surface area contributed by atoms with Crippen LogP contribution in [0.3, 0.4) is 0 Å². The second-order valence-corrected chi connectivity index (χ2v) is 8.47. The lowest BCUT2D eigenvalue weighted by atomic mass is 10.3. The first-order chi connectivity index (χ1) is 11.8. The number of carbonyl (C=O) groups excluding carboxylic acids is 1. The van der Waals surface area contributed by atoms with Crippen molar-refractivity contribution >= 4 is 54.0 Å². The van der Waals surface area contributed by atoms with Gasteiger partial charge in [-0.25, -0.2) is 17.8 Å². The molecule has 0 fully saturated rings. The van der Waals surface area contributed by atoms with Gasteiger partial charge in [-0.1, -0.05) is 22.9 Å². The maximum absolute atomic E-state index is 12.9. The number of thiazole rings is 1. The Balaban J connectivity index is 1.64. The van der Waals surface area contributed by atoms with Crippen molar-refractivity contribution in [3.8, 4) is 0 Å². The number of aromatic nitrogens is 1. The standard InChI is InChI=1S/C15H11ClFN3O3S2/c16-9-1-6-12-13(7-9)24-15(18-12)20-19-14(21)8-25(22,23)11-4-2-10(17)3-5-11/h1-7H,8H2,(H,18,20)(H,19,21). The molecule has 2 N–H and O–H groups in total. The van der Waals surface area contributed by atoms with Crippen LogP contribution >= 0.6 is 22.9 Å². The maximum atomic E-state index is 12.9. The topological polar surface area (TPSA) is 88.2 Å². The fraction of sp³-hybridized carbons (Fsp3) is 0.0667. The van der Waals surface area contributed by atoms with Crippen LogP contribution in [0.25, 0.3) is 10.2 Å². The van der Waals surface area contributed by atoms with Gasteiger partial charge in [0.05, 0.1) is 15.1 Å². The minimum atomic E-state index is -3.86. The van der Waals surface area contributed by atoms with Gasteiger partial charge in [-0.3, -0.25) is 15.6 Å². The molecule has 0 unspecified atom stereocenters. The number of amides is 1. The zero-order valence-corrected chi connectivity index (χ0v) is 14.9. The first kappa shape index (κ1) is 17.6. The highest BCUT2D eigenvalue weighted by Gasteiger charge is 2.19. The third-order valence-electron chi connectivity index (χ3n) is 3.15. The Bertz CT molecular complexity index is 1040. The van der Waals surface area contributed by atoms with Crippen LogP contribution in [0.5, 0.6) is 0 Å². The molecule has 0 aliphatic rings. The van der Waals surface area contributed by atoms with Crippen LogP contribution in [0.4, 0.5) is 9.52 Å². The van der Waals surface area contributed by atoms with E-state index in [4.69, 9.17) is 11.6 Å². The van der Waals surface area contributed by atoms with Crippen LogP contribution in [-0.4, -0.2) is 25.1 Å². The van der Waals surface area contributed by atoms with Gasteiger partial charge in [-0.15, -0.1) is 0 Å². The molecule has 0 bridgehead atoms. The van der Waals surface area contributed by atoms with Crippen molar-refractivity contribution in [3.05, 3.63) is 53.3 Å². The molecular formula is C15H11ClFN3O3S2. The van der Waals surface area contributed by atoms with E-state index in [0.29, 0.717) is 15.7 Å². The largest absolute Gasteiger partial charge is 0.273 e. The fourth-order valence-electron chi connectivity index (χ4n) is 2.01. The van der Waals surface area contributed by atoms with E-state index in [1.54, 1.807) is 18.2 Å². The molecule has 0 atom stereocenters. The summed E-state index contributed by atoms with van der Waals surface area (Å²) in [6.45, 7) is 0. The predicted octanol–water partition coefficient (Wildman–Crippen LogP) is 3.01. The summed E-state index contributed by atoms with van der Waals surface area (Å²) in [7, 11) is -3.86. The molecule has 0 aliphatic heterocycles. The van der Waals surface area contributed by atoms with Crippen molar-refractivity contribution in [3.63, 3.8) is 0 Å². The molecule has 130 valence electrons. The minimum absolute atomic E-state index is 0.126. The zero-order valence-electron chi connectivity index (χ0n) is 12.5. The molecule has 2 aromatic carbocycles. The van der Waals surface area contributed by atoms with Crippen molar-refractivity contribution in [2.75, 3.05) is 11.2 Å². The van der Waals surface area contributed by atoms with Crippen LogP contribution in [-0.2, 0) is 14.6 Å². The Morgan fingerprint density at radius 1 is 1.20 bits per heavy atom. The molecule has 3 aromatic rings. The number of hydrazine groups is 1.